The van der Waals surface area contributed by atoms with Crippen LogP contribution in [-0.4, -0.2) is 23.7 Å². The van der Waals surface area contributed by atoms with Gasteiger partial charge in [-0.1, -0.05) is 35.9 Å². The van der Waals surface area contributed by atoms with Crippen LogP contribution in [0.15, 0.2) is 60.8 Å². The van der Waals surface area contributed by atoms with Crippen LogP contribution in [0.1, 0.15) is 27.2 Å². The van der Waals surface area contributed by atoms with Gasteiger partial charge in [0.2, 0.25) is 0 Å². The second-order valence-corrected chi connectivity index (χ2v) is 7.08. The van der Waals surface area contributed by atoms with Gasteiger partial charge < -0.3 is 10.1 Å². The van der Waals surface area contributed by atoms with E-state index in [1.165, 1.54) is 6.20 Å². The molecule has 1 amide bonds. The molecule has 1 N–H and O–H groups in total. The van der Waals surface area contributed by atoms with Crippen molar-refractivity contribution in [3.8, 4) is 11.5 Å². The maximum absolute atomic E-state index is 12.4. The molecule has 0 fully saturated rings. The topological polar surface area (TPSA) is 68.3 Å². The molecule has 2 aromatic carbocycles. The number of pyridine rings is 1. The van der Waals surface area contributed by atoms with Crippen LogP contribution in [0.25, 0.3) is 0 Å². The first kappa shape index (κ1) is 20.6. The SMILES string of the molecule is CNC(=O)c1cc(Oc2ccc(CC(=O)Cc3ccc(Cl)c(C)c3)cc2)ccn1. The van der Waals surface area contributed by atoms with E-state index in [0.717, 1.165) is 16.7 Å². The average molecular weight is 409 g/mol. The zero-order chi connectivity index (χ0) is 20.8. The van der Waals surface area contributed by atoms with Crippen LogP contribution in [0, 0.1) is 6.92 Å². The molecule has 0 bridgehead atoms. The summed E-state index contributed by atoms with van der Waals surface area (Å²) >= 11 is 6.03. The van der Waals surface area contributed by atoms with Crippen LogP contribution in [-0.2, 0) is 17.6 Å². The highest BCUT2D eigenvalue weighted by Crippen LogP contribution is 2.22. The lowest BCUT2D eigenvalue weighted by Gasteiger charge is -2.08. The van der Waals surface area contributed by atoms with Crippen LogP contribution in [0.3, 0.4) is 0 Å². The van der Waals surface area contributed by atoms with Crippen LogP contribution in [0.5, 0.6) is 11.5 Å². The van der Waals surface area contributed by atoms with Crippen molar-refractivity contribution in [1.29, 1.82) is 0 Å². The fourth-order valence-electron chi connectivity index (χ4n) is 2.87. The predicted octanol–water partition coefficient (Wildman–Crippen LogP) is 4.55. The van der Waals surface area contributed by atoms with Crippen molar-refractivity contribution >= 4 is 23.3 Å². The number of carbonyl (C=O) groups excluding carboxylic acids is 2. The Hall–Kier alpha value is -3.18. The van der Waals surface area contributed by atoms with E-state index in [0.29, 0.717) is 29.4 Å². The molecule has 1 aromatic heterocycles. The number of nitrogens with zero attached hydrogens (tertiary/aromatic N) is 1. The van der Waals surface area contributed by atoms with Crippen molar-refractivity contribution in [2.24, 2.45) is 0 Å². The molecule has 5 nitrogen and oxygen atoms in total. The molecule has 0 spiro atoms. The molecule has 0 aliphatic heterocycles. The van der Waals surface area contributed by atoms with Crippen LogP contribution in [0.4, 0.5) is 0 Å². The number of ketones is 1. The van der Waals surface area contributed by atoms with E-state index < -0.39 is 0 Å². The third-order valence-corrected chi connectivity index (χ3v) is 4.80. The smallest absolute Gasteiger partial charge is 0.269 e. The van der Waals surface area contributed by atoms with Crippen LogP contribution in [0.2, 0.25) is 5.02 Å². The molecular weight excluding hydrogens is 388 g/mol. The minimum atomic E-state index is -0.278. The molecule has 29 heavy (non-hydrogen) atoms. The van der Waals surface area contributed by atoms with Crippen molar-refractivity contribution in [3.63, 3.8) is 0 Å². The summed E-state index contributed by atoms with van der Waals surface area (Å²) in [7, 11) is 1.55. The first-order valence-electron chi connectivity index (χ1n) is 9.16. The lowest BCUT2D eigenvalue weighted by Crippen LogP contribution is -2.18. The first-order valence-corrected chi connectivity index (χ1v) is 9.54. The number of halogens is 1. The minimum absolute atomic E-state index is 0.129. The Labute approximate surface area is 174 Å². The van der Waals surface area contributed by atoms with Gasteiger partial charge in [-0.3, -0.25) is 14.6 Å². The molecule has 1 heterocycles. The maximum atomic E-state index is 12.4. The quantitative estimate of drug-likeness (QED) is 0.622. The van der Waals surface area contributed by atoms with E-state index in [-0.39, 0.29) is 17.4 Å². The summed E-state index contributed by atoms with van der Waals surface area (Å²) in [6, 6.07) is 16.2. The first-order chi connectivity index (χ1) is 13.9. The molecule has 3 aromatic rings. The fraction of sp³-hybridized carbons (Fsp3) is 0.174. The summed E-state index contributed by atoms with van der Waals surface area (Å²) in [5, 5.41) is 3.23. The molecule has 0 radical (unpaired) electrons. The zero-order valence-electron chi connectivity index (χ0n) is 16.2. The Morgan fingerprint density at radius 3 is 2.34 bits per heavy atom. The third-order valence-electron chi connectivity index (χ3n) is 4.38. The molecule has 0 saturated heterocycles. The normalized spacial score (nSPS) is 10.4. The van der Waals surface area contributed by atoms with E-state index in [9.17, 15) is 9.59 Å². The lowest BCUT2D eigenvalue weighted by atomic mass is 10.0. The van der Waals surface area contributed by atoms with Gasteiger partial charge in [0, 0.05) is 37.2 Å². The van der Waals surface area contributed by atoms with E-state index in [1.807, 2.05) is 37.3 Å². The van der Waals surface area contributed by atoms with Gasteiger partial charge in [-0.2, -0.15) is 0 Å². The summed E-state index contributed by atoms with van der Waals surface area (Å²) < 4.78 is 5.78. The number of nitrogens with one attached hydrogen (secondary N) is 1. The summed E-state index contributed by atoms with van der Waals surface area (Å²) in [6.07, 6.45) is 2.24. The maximum Gasteiger partial charge on any atom is 0.269 e. The number of ether oxygens (including phenoxy) is 1. The Kier molecular flexibility index (Phi) is 6.62. The highest BCUT2D eigenvalue weighted by molar-refractivity contribution is 6.31. The van der Waals surface area contributed by atoms with E-state index >= 15 is 0 Å². The summed E-state index contributed by atoms with van der Waals surface area (Å²) in [5.74, 6) is 0.981. The number of aromatic nitrogens is 1. The summed E-state index contributed by atoms with van der Waals surface area (Å²) in [6.45, 7) is 1.93. The number of amides is 1. The Morgan fingerprint density at radius 1 is 0.966 bits per heavy atom. The monoisotopic (exact) mass is 408 g/mol. The molecule has 0 aliphatic carbocycles. The second-order valence-electron chi connectivity index (χ2n) is 6.68. The van der Waals surface area contributed by atoms with Gasteiger partial charge in [-0.15, -0.1) is 0 Å². The molecule has 3 rings (SSSR count). The van der Waals surface area contributed by atoms with Gasteiger partial charge >= 0.3 is 0 Å². The van der Waals surface area contributed by atoms with Crippen LogP contribution < -0.4 is 10.1 Å². The van der Waals surface area contributed by atoms with Crippen LogP contribution >= 0.6 is 11.6 Å². The molecule has 0 atom stereocenters. The van der Waals surface area contributed by atoms with Crippen molar-refractivity contribution in [1.82, 2.24) is 10.3 Å². The number of aryl methyl sites for hydroxylation is 1. The largest absolute Gasteiger partial charge is 0.457 e. The predicted molar refractivity (Wildman–Crippen MR) is 113 cm³/mol. The van der Waals surface area contributed by atoms with Gasteiger partial charge in [0.15, 0.2) is 0 Å². The van der Waals surface area contributed by atoms with Crippen molar-refractivity contribution < 1.29 is 14.3 Å². The number of hydrogen-bond donors (Lipinski definition) is 1. The zero-order valence-corrected chi connectivity index (χ0v) is 17.0. The number of benzene rings is 2. The second kappa shape index (κ2) is 9.34. The third kappa shape index (κ3) is 5.65. The van der Waals surface area contributed by atoms with E-state index in [1.54, 1.807) is 31.3 Å². The minimum Gasteiger partial charge on any atom is -0.457 e. The Balaban J connectivity index is 1.60. The lowest BCUT2D eigenvalue weighted by molar-refractivity contribution is -0.117. The van der Waals surface area contributed by atoms with Crippen molar-refractivity contribution in [3.05, 3.63) is 88.2 Å². The molecule has 0 saturated carbocycles. The Bertz CT molecular complexity index is 1030. The van der Waals surface area contributed by atoms with Gasteiger partial charge in [0.25, 0.3) is 5.91 Å². The van der Waals surface area contributed by atoms with Crippen molar-refractivity contribution in [2.75, 3.05) is 7.05 Å². The van der Waals surface area contributed by atoms with Gasteiger partial charge in [0.05, 0.1) is 0 Å². The molecule has 148 valence electrons. The van der Waals surface area contributed by atoms with Gasteiger partial charge in [-0.25, -0.2) is 0 Å². The number of hydrogen-bond acceptors (Lipinski definition) is 4. The number of carbonyl (C=O) groups is 2. The summed E-state index contributed by atoms with van der Waals surface area (Å²) in [5.41, 5.74) is 3.12. The molecule has 0 aliphatic rings. The molecule has 6 heteroatoms. The van der Waals surface area contributed by atoms with E-state index in [2.05, 4.69) is 10.3 Å². The van der Waals surface area contributed by atoms with Gasteiger partial charge in [0.1, 0.15) is 23.0 Å². The number of rotatable bonds is 7. The highest BCUT2D eigenvalue weighted by Gasteiger charge is 2.09. The molecule has 0 unspecified atom stereocenters. The van der Waals surface area contributed by atoms with Crippen molar-refractivity contribution in [2.45, 2.75) is 19.8 Å². The standard InChI is InChI=1S/C23H21ClN2O3/c1-15-11-17(5-8-21(15)24)13-18(27)12-16-3-6-19(7-4-16)29-20-9-10-26-22(14-20)23(28)25-2/h3-11,14H,12-13H2,1-2H3,(H,25,28). The van der Waals surface area contributed by atoms with E-state index in [4.69, 9.17) is 16.3 Å². The number of Topliss-reactive ketones (excluding diaryl/α,β-unsaturated/α-hetero) is 1. The summed E-state index contributed by atoms with van der Waals surface area (Å²) in [4.78, 5) is 28.0. The highest BCUT2D eigenvalue weighted by atomic mass is 35.5. The fourth-order valence-corrected chi connectivity index (χ4v) is 2.99. The average Bonchev–Trinajstić information content (AvgIpc) is 2.72. The Morgan fingerprint density at radius 2 is 1.66 bits per heavy atom. The van der Waals surface area contributed by atoms with Gasteiger partial charge in [-0.05, 0) is 47.9 Å². The molecular formula is C23H21ClN2O3.